The highest BCUT2D eigenvalue weighted by Gasteiger charge is 2.09. The van der Waals surface area contributed by atoms with Gasteiger partial charge < -0.3 is 20.1 Å². The van der Waals surface area contributed by atoms with E-state index in [4.69, 9.17) is 9.47 Å². The Hall–Kier alpha value is -3.28. The quantitative estimate of drug-likeness (QED) is 0.573. The molecule has 2 N–H and O–H groups in total. The Morgan fingerprint density at radius 3 is 2.25 bits per heavy atom. The first-order valence-electron chi connectivity index (χ1n) is 9.20. The highest BCUT2D eigenvalue weighted by molar-refractivity contribution is 5.66. The molecule has 0 atom stereocenters. The summed E-state index contributed by atoms with van der Waals surface area (Å²) in [5, 5.41) is 6.56. The molecule has 146 valence electrons. The minimum absolute atomic E-state index is 0.491. The molecule has 0 spiro atoms. The molecule has 3 rings (SSSR count). The fourth-order valence-electron chi connectivity index (χ4n) is 2.81. The highest BCUT2D eigenvalue weighted by Crippen LogP contribution is 2.31. The number of rotatable bonds is 7. The van der Waals surface area contributed by atoms with Crippen LogP contribution in [0.15, 0.2) is 48.5 Å². The largest absolute Gasteiger partial charge is 0.497 e. The minimum atomic E-state index is 0.491. The molecule has 0 aliphatic rings. The molecule has 0 unspecified atom stereocenters. The summed E-state index contributed by atoms with van der Waals surface area (Å²) in [4.78, 5) is 9.06. The maximum atomic E-state index is 5.43. The number of aromatic nitrogens is 2. The highest BCUT2D eigenvalue weighted by atomic mass is 16.5. The van der Waals surface area contributed by atoms with Gasteiger partial charge in [-0.3, -0.25) is 0 Å². The Morgan fingerprint density at radius 2 is 1.61 bits per heavy atom. The average Bonchev–Trinajstić information content (AvgIpc) is 2.68. The van der Waals surface area contributed by atoms with Crippen molar-refractivity contribution >= 4 is 23.1 Å². The maximum absolute atomic E-state index is 5.43. The van der Waals surface area contributed by atoms with Gasteiger partial charge in [0.25, 0.3) is 0 Å². The number of hydrogen-bond donors (Lipinski definition) is 2. The van der Waals surface area contributed by atoms with Gasteiger partial charge in [0.05, 0.1) is 19.9 Å². The molecule has 0 amide bonds. The second-order valence-electron chi connectivity index (χ2n) is 6.81. The van der Waals surface area contributed by atoms with E-state index >= 15 is 0 Å². The third-order valence-corrected chi connectivity index (χ3v) is 4.36. The molecule has 3 aromatic rings. The molecule has 28 heavy (non-hydrogen) atoms. The van der Waals surface area contributed by atoms with Crippen LogP contribution in [0.3, 0.4) is 0 Å². The van der Waals surface area contributed by atoms with E-state index in [0.29, 0.717) is 17.6 Å². The minimum Gasteiger partial charge on any atom is -0.497 e. The molecule has 0 bridgehead atoms. The Balaban J connectivity index is 1.81. The van der Waals surface area contributed by atoms with Crippen molar-refractivity contribution < 1.29 is 9.47 Å². The summed E-state index contributed by atoms with van der Waals surface area (Å²) in [7, 11) is 3.24. The summed E-state index contributed by atoms with van der Waals surface area (Å²) in [6, 6.07) is 15.8. The van der Waals surface area contributed by atoms with E-state index in [1.54, 1.807) is 14.2 Å². The van der Waals surface area contributed by atoms with Gasteiger partial charge in [-0.1, -0.05) is 26.0 Å². The van der Waals surface area contributed by atoms with Gasteiger partial charge in [-0.2, -0.15) is 4.98 Å². The monoisotopic (exact) mass is 378 g/mol. The zero-order valence-corrected chi connectivity index (χ0v) is 16.9. The Bertz CT molecular complexity index is 940. The average molecular weight is 378 g/mol. The predicted molar refractivity (Wildman–Crippen MR) is 113 cm³/mol. The molecule has 0 saturated carbocycles. The number of methoxy groups -OCH3 is 2. The lowest BCUT2D eigenvalue weighted by Gasteiger charge is -2.13. The second-order valence-corrected chi connectivity index (χ2v) is 6.81. The van der Waals surface area contributed by atoms with Gasteiger partial charge in [-0.15, -0.1) is 0 Å². The van der Waals surface area contributed by atoms with E-state index in [9.17, 15) is 0 Å². The summed E-state index contributed by atoms with van der Waals surface area (Å²) < 4.78 is 10.7. The van der Waals surface area contributed by atoms with Gasteiger partial charge in [0.1, 0.15) is 17.3 Å². The van der Waals surface area contributed by atoms with Gasteiger partial charge in [0.15, 0.2) is 0 Å². The number of ether oxygens (including phenoxy) is 2. The molecular formula is C22H26N4O2. The van der Waals surface area contributed by atoms with E-state index in [0.717, 1.165) is 28.6 Å². The molecule has 1 heterocycles. The van der Waals surface area contributed by atoms with Crippen molar-refractivity contribution in [3.63, 3.8) is 0 Å². The summed E-state index contributed by atoms with van der Waals surface area (Å²) in [6.07, 6.45) is 0. The first-order chi connectivity index (χ1) is 13.5. The van der Waals surface area contributed by atoms with Crippen LogP contribution in [0.25, 0.3) is 0 Å². The number of nitrogens with zero attached hydrogens (tertiary/aromatic N) is 2. The molecule has 0 radical (unpaired) electrons. The summed E-state index contributed by atoms with van der Waals surface area (Å²) in [5.74, 6) is 3.10. The van der Waals surface area contributed by atoms with Crippen molar-refractivity contribution in [3.05, 3.63) is 59.8 Å². The standard InChI is InChI=1S/C22H26N4O2/c1-14(2)16-6-8-17(9-7-16)24-21-12-15(3)23-22(26-21)25-19-11-10-18(27-4)13-20(19)28-5/h6-14H,1-5H3,(H2,23,24,25,26). The van der Waals surface area contributed by atoms with Gasteiger partial charge in [0, 0.05) is 23.5 Å². The molecule has 1 aromatic heterocycles. The first kappa shape index (κ1) is 19.5. The van der Waals surface area contributed by atoms with Crippen LogP contribution in [-0.2, 0) is 0 Å². The van der Waals surface area contributed by atoms with Gasteiger partial charge in [-0.25, -0.2) is 4.98 Å². The smallest absolute Gasteiger partial charge is 0.229 e. The SMILES string of the molecule is COc1ccc(Nc2nc(C)cc(Nc3ccc(C(C)C)cc3)n2)c(OC)c1. The lowest BCUT2D eigenvalue weighted by atomic mass is 10.0. The van der Waals surface area contributed by atoms with Crippen molar-refractivity contribution in [1.29, 1.82) is 0 Å². The van der Waals surface area contributed by atoms with Crippen LogP contribution in [0.2, 0.25) is 0 Å². The number of anilines is 4. The van der Waals surface area contributed by atoms with Crippen LogP contribution in [0.1, 0.15) is 31.0 Å². The Labute approximate surface area is 166 Å². The third-order valence-electron chi connectivity index (χ3n) is 4.36. The number of nitrogens with one attached hydrogen (secondary N) is 2. The van der Waals surface area contributed by atoms with Crippen molar-refractivity contribution in [2.24, 2.45) is 0 Å². The predicted octanol–water partition coefficient (Wildman–Crippen LogP) is 5.41. The molecule has 2 aromatic carbocycles. The van der Waals surface area contributed by atoms with E-state index in [-0.39, 0.29) is 0 Å². The van der Waals surface area contributed by atoms with Crippen LogP contribution in [0.4, 0.5) is 23.1 Å². The lowest BCUT2D eigenvalue weighted by Crippen LogP contribution is -2.03. The fraction of sp³-hybridized carbons (Fsp3) is 0.273. The van der Waals surface area contributed by atoms with Crippen LogP contribution in [0.5, 0.6) is 11.5 Å². The van der Waals surface area contributed by atoms with E-state index < -0.39 is 0 Å². The molecule has 0 saturated heterocycles. The Morgan fingerprint density at radius 1 is 0.857 bits per heavy atom. The summed E-state index contributed by atoms with van der Waals surface area (Å²) >= 11 is 0. The third kappa shape index (κ3) is 4.71. The fourth-order valence-corrected chi connectivity index (χ4v) is 2.81. The summed E-state index contributed by atoms with van der Waals surface area (Å²) in [6.45, 7) is 6.30. The molecule has 6 nitrogen and oxygen atoms in total. The number of aryl methyl sites for hydroxylation is 1. The molecule has 0 fully saturated rings. The second kappa shape index (κ2) is 8.61. The van der Waals surface area contributed by atoms with Crippen LogP contribution >= 0.6 is 0 Å². The topological polar surface area (TPSA) is 68.3 Å². The zero-order valence-electron chi connectivity index (χ0n) is 16.9. The van der Waals surface area contributed by atoms with Crippen molar-refractivity contribution in [2.75, 3.05) is 24.9 Å². The van der Waals surface area contributed by atoms with Gasteiger partial charge in [-0.05, 0) is 42.7 Å². The van der Waals surface area contributed by atoms with Crippen LogP contribution in [0, 0.1) is 6.92 Å². The molecule has 0 aliphatic heterocycles. The number of benzene rings is 2. The van der Waals surface area contributed by atoms with E-state index in [1.807, 2.05) is 31.2 Å². The van der Waals surface area contributed by atoms with E-state index in [2.05, 4.69) is 58.7 Å². The Kier molecular flexibility index (Phi) is 5.99. The molecule has 6 heteroatoms. The van der Waals surface area contributed by atoms with Crippen molar-refractivity contribution in [2.45, 2.75) is 26.7 Å². The molecular weight excluding hydrogens is 352 g/mol. The lowest BCUT2D eigenvalue weighted by molar-refractivity contribution is 0.395. The van der Waals surface area contributed by atoms with Gasteiger partial charge in [0.2, 0.25) is 5.95 Å². The van der Waals surface area contributed by atoms with Gasteiger partial charge >= 0.3 is 0 Å². The van der Waals surface area contributed by atoms with Crippen molar-refractivity contribution in [3.8, 4) is 11.5 Å². The molecule has 0 aliphatic carbocycles. The van der Waals surface area contributed by atoms with Crippen LogP contribution < -0.4 is 20.1 Å². The summed E-state index contributed by atoms with van der Waals surface area (Å²) in [5.41, 5.74) is 3.90. The normalized spacial score (nSPS) is 10.6. The maximum Gasteiger partial charge on any atom is 0.229 e. The van der Waals surface area contributed by atoms with Crippen molar-refractivity contribution in [1.82, 2.24) is 9.97 Å². The van der Waals surface area contributed by atoms with E-state index in [1.165, 1.54) is 5.56 Å². The first-order valence-corrected chi connectivity index (χ1v) is 9.20. The number of hydrogen-bond acceptors (Lipinski definition) is 6. The zero-order chi connectivity index (χ0) is 20.1. The van der Waals surface area contributed by atoms with Crippen LogP contribution in [-0.4, -0.2) is 24.2 Å².